The highest BCUT2D eigenvalue weighted by molar-refractivity contribution is 5.95. The lowest BCUT2D eigenvalue weighted by Gasteiger charge is -2.11. The monoisotopic (exact) mass is 186 g/mol. The summed E-state index contributed by atoms with van der Waals surface area (Å²) in [4.78, 5) is 21.0. The highest BCUT2D eigenvalue weighted by atomic mass is 16.4. The van der Waals surface area contributed by atoms with Crippen molar-refractivity contribution in [2.75, 3.05) is 0 Å². The molecule has 2 N–H and O–H groups in total. The Morgan fingerprint density at radius 3 is 1.92 bits per heavy atom. The van der Waals surface area contributed by atoms with Crippen molar-refractivity contribution in [2.45, 2.75) is 26.7 Å². The van der Waals surface area contributed by atoms with E-state index < -0.39 is 11.9 Å². The van der Waals surface area contributed by atoms with Crippen LogP contribution in [0.1, 0.15) is 26.7 Å². The Balaban J connectivity index is 4.78. The third-order valence-electron chi connectivity index (χ3n) is 1.95. The van der Waals surface area contributed by atoms with E-state index in [9.17, 15) is 9.59 Å². The number of rotatable bonds is 5. The summed E-state index contributed by atoms with van der Waals surface area (Å²) >= 11 is 0. The van der Waals surface area contributed by atoms with Crippen LogP contribution in [-0.2, 0) is 9.59 Å². The molecule has 0 aliphatic heterocycles. The molecule has 0 unspecified atom stereocenters. The zero-order chi connectivity index (χ0) is 10.4. The SMILES string of the molecule is CCC(CC)/C(=C\C(=O)O)C(=O)O. The second-order valence-corrected chi connectivity index (χ2v) is 2.76. The molecular weight excluding hydrogens is 172 g/mol. The minimum absolute atomic E-state index is 0.0162. The van der Waals surface area contributed by atoms with E-state index in [2.05, 4.69) is 0 Å². The maximum absolute atomic E-state index is 10.7. The van der Waals surface area contributed by atoms with Gasteiger partial charge in [-0.05, 0) is 18.8 Å². The zero-order valence-electron chi connectivity index (χ0n) is 7.78. The molecule has 0 rings (SSSR count). The Morgan fingerprint density at radius 1 is 1.23 bits per heavy atom. The smallest absolute Gasteiger partial charge is 0.332 e. The topological polar surface area (TPSA) is 74.6 Å². The van der Waals surface area contributed by atoms with Crippen LogP contribution in [0.25, 0.3) is 0 Å². The molecule has 0 amide bonds. The van der Waals surface area contributed by atoms with Crippen molar-refractivity contribution < 1.29 is 19.8 Å². The lowest BCUT2D eigenvalue weighted by molar-refractivity contribution is -0.135. The summed E-state index contributed by atoms with van der Waals surface area (Å²) in [5, 5.41) is 17.2. The van der Waals surface area contributed by atoms with Crippen molar-refractivity contribution in [3.63, 3.8) is 0 Å². The third kappa shape index (κ3) is 3.73. The largest absolute Gasteiger partial charge is 0.478 e. The second-order valence-electron chi connectivity index (χ2n) is 2.76. The molecule has 0 saturated heterocycles. The molecule has 0 spiro atoms. The van der Waals surface area contributed by atoms with Crippen molar-refractivity contribution in [3.8, 4) is 0 Å². The van der Waals surface area contributed by atoms with Gasteiger partial charge in [0.15, 0.2) is 0 Å². The first kappa shape index (κ1) is 11.7. The fourth-order valence-electron chi connectivity index (χ4n) is 1.22. The van der Waals surface area contributed by atoms with E-state index in [1.54, 1.807) is 0 Å². The van der Waals surface area contributed by atoms with Crippen molar-refractivity contribution in [1.82, 2.24) is 0 Å². The molecule has 74 valence electrons. The number of carboxylic acid groups (broad SMARTS) is 2. The molecule has 0 aromatic rings. The summed E-state index contributed by atoms with van der Waals surface area (Å²) in [5.74, 6) is -2.52. The van der Waals surface area contributed by atoms with Crippen molar-refractivity contribution in [3.05, 3.63) is 11.6 Å². The van der Waals surface area contributed by atoms with Gasteiger partial charge in [-0.25, -0.2) is 9.59 Å². The molecular formula is C9H14O4. The number of hydrogen-bond acceptors (Lipinski definition) is 2. The molecule has 0 radical (unpaired) electrons. The molecule has 0 aromatic heterocycles. The van der Waals surface area contributed by atoms with E-state index >= 15 is 0 Å². The predicted molar refractivity (Wildman–Crippen MR) is 47.4 cm³/mol. The molecule has 4 heteroatoms. The Hall–Kier alpha value is -1.32. The molecule has 0 saturated carbocycles. The molecule has 0 fully saturated rings. The average Bonchev–Trinajstić information content (AvgIpc) is 2.04. The second kappa shape index (κ2) is 5.35. The van der Waals surface area contributed by atoms with E-state index in [1.807, 2.05) is 13.8 Å². The van der Waals surface area contributed by atoms with Gasteiger partial charge in [0, 0.05) is 11.6 Å². The Labute approximate surface area is 76.9 Å². The van der Waals surface area contributed by atoms with Crippen LogP contribution in [0.15, 0.2) is 11.6 Å². The van der Waals surface area contributed by atoms with Crippen LogP contribution in [0.2, 0.25) is 0 Å². The van der Waals surface area contributed by atoms with E-state index in [-0.39, 0.29) is 11.5 Å². The van der Waals surface area contributed by atoms with Crippen LogP contribution in [0.3, 0.4) is 0 Å². The van der Waals surface area contributed by atoms with Crippen LogP contribution in [0.4, 0.5) is 0 Å². The number of aliphatic carboxylic acids is 2. The minimum Gasteiger partial charge on any atom is -0.478 e. The highest BCUT2D eigenvalue weighted by Gasteiger charge is 2.18. The maximum Gasteiger partial charge on any atom is 0.332 e. The van der Waals surface area contributed by atoms with Gasteiger partial charge in [-0.2, -0.15) is 0 Å². The van der Waals surface area contributed by atoms with E-state index in [4.69, 9.17) is 10.2 Å². The van der Waals surface area contributed by atoms with Crippen molar-refractivity contribution >= 4 is 11.9 Å². The fourth-order valence-corrected chi connectivity index (χ4v) is 1.22. The first-order valence-electron chi connectivity index (χ1n) is 4.20. The molecule has 0 atom stereocenters. The van der Waals surface area contributed by atoms with Gasteiger partial charge in [0.05, 0.1) is 0 Å². The number of carbonyl (C=O) groups is 2. The first-order valence-corrected chi connectivity index (χ1v) is 4.20. The molecule has 13 heavy (non-hydrogen) atoms. The maximum atomic E-state index is 10.7. The summed E-state index contributed by atoms with van der Waals surface area (Å²) in [5.41, 5.74) is -0.0162. The van der Waals surface area contributed by atoms with Crippen LogP contribution < -0.4 is 0 Å². The lowest BCUT2D eigenvalue weighted by Crippen LogP contribution is -2.13. The van der Waals surface area contributed by atoms with Crippen LogP contribution in [0, 0.1) is 5.92 Å². The molecule has 0 bridgehead atoms. The number of hydrogen-bond donors (Lipinski definition) is 2. The van der Waals surface area contributed by atoms with Gasteiger partial charge in [-0.15, -0.1) is 0 Å². The van der Waals surface area contributed by atoms with Crippen LogP contribution in [0.5, 0.6) is 0 Å². The average molecular weight is 186 g/mol. The molecule has 0 heterocycles. The third-order valence-corrected chi connectivity index (χ3v) is 1.95. The Bertz CT molecular complexity index is 226. The van der Waals surface area contributed by atoms with Crippen molar-refractivity contribution in [1.29, 1.82) is 0 Å². The lowest BCUT2D eigenvalue weighted by atomic mass is 9.93. The predicted octanol–water partition coefficient (Wildman–Crippen LogP) is 1.52. The van der Waals surface area contributed by atoms with E-state index in [0.717, 1.165) is 6.08 Å². The van der Waals surface area contributed by atoms with Gasteiger partial charge < -0.3 is 10.2 Å². The first-order chi connectivity index (χ1) is 6.02. The Kier molecular flexibility index (Phi) is 4.80. The van der Waals surface area contributed by atoms with Gasteiger partial charge in [0.25, 0.3) is 0 Å². The molecule has 4 nitrogen and oxygen atoms in total. The van der Waals surface area contributed by atoms with Gasteiger partial charge in [-0.1, -0.05) is 13.8 Å². The fraction of sp³-hybridized carbons (Fsp3) is 0.556. The molecule has 0 aliphatic rings. The summed E-state index contributed by atoms with van der Waals surface area (Å²) in [6.07, 6.45) is 2.06. The normalized spacial score (nSPS) is 11.8. The minimum atomic E-state index is -1.20. The highest BCUT2D eigenvalue weighted by Crippen LogP contribution is 2.18. The van der Waals surface area contributed by atoms with Gasteiger partial charge in [-0.3, -0.25) is 0 Å². The van der Waals surface area contributed by atoms with Gasteiger partial charge in [0.1, 0.15) is 0 Å². The summed E-state index contributed by atoms with van der Waals surface area (Å²) in [7, 11) is 0. The van der Waals surface area contributed by atoms with Crippen LogP contribution >= 0.6 is 0 Å². The summed E-state index contributed by atoms with van der Waals surface area (Å²) in [6, 6.07) is 0. The number of carboxylic acids is 2. The zero-order valence-corrected chi connectivity index (χ0v) is 7.78. The summed E-state index contributed by atoms with van der Waals surface area (Å²) in [6.45, 7) is 3.68. The van der Waals surface area contributed by atoms with E-state index in [0.29, 0.717) is 12.8 Å². The van der Waals surface area contributed by atoms with Gasteiger partial charge in [0.2, 0.25) is 0 Å². The Morgan fingerprint density at radius 2 is 1.69 bits per heavy atom. The summed E-state index contributed by atoms with van der Waals surface area (Å²) < 4.78 is 0. The molecule has 0 aliphatic carbocycles. The van der Waals surface area contributed by atoms with E-state index in [1.165, 1.54) is 0 Å². The quantitative estimate of drug-likeness (QED) is 0.638. The molecule has 0 aromatic carbocycles. The van der Waals surface area contributed by atoms with Crippen LogP contribution in [-0.4, -0.2) is 22.2 Å². The standard InChI is InChI=1S/C9H14O4/c1-3-6(4-2)7(9(12)13)5-8(10)11/h5-6H,3-4H2,1-2H3,(H,10,11)(H,12,13)/b7-5+. The van der Waals surface area contributed by atoms with Crippen molar-refractivity contribution in [2.24, 2.45) is 5.92 Å². The van der Waals surface area contributed by atoms with Gasteiger partial charge >= 0.3 is 11.9 Å².